The Morgan fingerprint density at radius 3 is 2.95 bits per heavy atom. The Balaban J connectivity index is 1.60. The first-order valence-electron chi connectivity index (χ1n) is 7.01. The van der Waals surface area contributed by atoms with Crippen LogP contribution in [0.3, 0.4) is 0 Å². The van der Waals surface area contributed by atoms with Gasteiger partial charge in [0.1, 0.15) is 5.76 Å². The van der Waals surface area contributed by atoms with Crippen molar-refractivity contribution in [2.24, 2.45) is 0 Å². The lowest BCUT2D eigenvalue weighted by Crippen LogP contribution is -2.33. The van der Waals surface area contributed by atoms with Crippen LogP contribution in [0.1, 0.15) is 37.1 Å². The van der Waals surface area contributed by atoms with Crippen molar-refractivity contribution in [1.29, 1.82) is 0 Å². The van der Waals surface area contributed by atoms with Crippen molar-refractivity contribution in [3.63, 3.8) is 0 Å². The van der Waals surface area contributed by atoms with Crippen molar-refractivity contribution < 1.29 is 9.21 Å². The van der Waals surface area contributed by atoms with Gasteiger partial charge in [-0.2, -0.15) is 0 Å². The summed E-state index contributed by atoms with van der Waals surface area (Å²) in [5, 5.41) is 5.85. The quantitative estimate of drug-likeness (QED) is 0.940. The molecule has 1 aliphatic carbocycles. The van der Waals surface area contributed by atoms with Crippen molar-refractivity contribution in [2.45, 2.75) is 45.1 Å². The molecule has 0 saturated heterocycles. The number of aromatic nitrogens is 1. The molecule has 2 aromatic heterocycles. The van der Waals surface area contributed by atoms with Gasteiger partial charge in [0.25, 0.3) is 0 Å². The molecule has 1 aliphatic rings. The largest absolute Gasteiger partial charge is 0.459 e. The summed E-state index contributed by atoms with van der Waals surface area (Å²) in [7, 11) is 0. The molecule has 0 bridgehead atoms. The van der Waals surface area contributed by atoms with Gasteiger partial charge in [-0.05, 0) is 31.9 Å². The molecule has 5 heteroatoms. The Morgan fingerprint density at radius 1 is 1.45 bits per heavy atom. The van der Waals surface area contributed by atoms with Crippen LogP contribution < -0.4 is 5.32 Å². The summed E-state index contributed by atoms with van der Waals surface area (Å²) in [5.74, 6) is 1.72. The molecule has 2 heterocycles. The number of rotatable bonds is 4. The molecule has 0 radical (unpaired) electrons. The van der Waals surface area contributed by atoms with E-state index in [0.29, 0.717) is 12.5 Å². The number of aryl methyl sites for hydroxylation is 1. The van der Waals surface area contributed by atoms with E-state index < -0.39 is 0 Å². The first-order chi connectivity index (χ1) is 9.70. The molecular weight excluding hydrogens is 272 g/mol. The van der Waals surface area contributed by atoms with Gasteiger partial charge in [-0.15, -0.1) is 11.3 Å². The number of furan rings is 1. The van der Waals surface area contributed by atoms with Gasteiger partial charge in [0, 0.05) is 11.4 Å². The summed E-state index contributed by atoms with van der Waals surface area (Å²) in [6.07, 6.45) is 5.03. The third kappa shape index (κ3) is 3.10. The van der Waals surface area contributed by atoms with Crippen LogP contribution in [-0.4, -0.2) is 16.9 Å². The highest BCUT2D eigenvalue weighted by Crippen LogP contribution is 2.25. The van der Waals surface area contributed by atoms with Crippen LogP contribution in [-0.2, 0) is 11.2 Å². The minimum atomic E-state index is 0.0735. The standard InChI is InChI=1S/C15H18N2O2S/c1-10-6-7-13(19-10)15-17-12(9-20-15)8-14(18)16-11-4-2-3-5-11/h6-7,9,11H,2-5,8H2,1H3,(H,16,18). The third-order valence-electron chi connectivity index (χ3n) is 3.56. The van der Waals surface area contributed by atoms with Crippen molar-refractivity contribution in [2.75, 3.05) is 0 Å². The van der Waals surface area contributed by atoms with E-state index in [1.165, 1.54) is 24.2 Å². The second-order valence-electron chi connectivity index (χ2n) is 5.28. The Morgan fingerprint density at radius 2 is 2.25 bits per heavy atom. The SMILES string of the molecule is Cc1ccc(-c2nc(CC(=O)NC3CCCC3)cs2)o1. The summed E-state index contributed by atoms with van der Waals surface area (Å²) in [6.45, 7) is 1.91. The molecule has 0 unspecified atom stereocenters. The Hall–Kier alpha value is -1.62. The number of carbonyl (C=O) groups excluding carboxylic acids is 1. The zero-order valence-corrected chi connectivity index (χ0v) is 12.3. The normalized spacial score (nSPS) is 15.7. The van der Waals surface area contributed by atoms with Gasteiger partial charge in [0.05, 0.1) is 12.1 Å². The maximum absolute atomic E-state index is 11.9. The van der Waals surface area contributed by atoms with Crippen LogP contribution in [0.25, 0.3) is 10.8 Å². The number of nitrogens with one attached hydrogen (secondary N) is 1. The molecule has 106 valence electrons. The molecular formula is C15H18N2O2S. The predicted molar refractivity (Wildman–Crippen MR) is 78.7 cm³/mol. The molecule has 1 N–H and O–H groups in total. The van der Waals surface area contributed by atoms with E-state index in [1.807, 2.05) is 24.4 Å². The van der Waals surface area contributed by atoms with Crippen LogP contribution in [0.2, 0.25) is 0 Å². The first-order valence-corrected chi connectivity index (χ1v) is 7.89. The molecule has 1 amide bonds. The molecule has 4 nitrogen and oxygen atoms in total. The molecule has 1 fully saturated rings. The smallest absolute Gasteiger partial charge is 0.226 e. The zero-order chi connectivity index (χ0) is 13.9. The Kier molecular flexibility index (Phi) is 3.87. The second kappa shape index (κ2) is 5.79. The summed E-state index contributed by atoms with van der Waals surface area (Å²) in [6, 6.07) is 4.20. The van der Waals surface area contributed by atoms with Crippen molar-refractivity contribution in [1.82, 2.24) is 10.3 Å². The van der Waals surface area contributed by atoms with Gasteiger partial charge in [-0.1, -0.05) is 12.8 Å². The molecule has 3 rings (SSSR count). The lowest BCUT2D eigenvalue weighted by molar-refractivity contribution is -0.121. The second-order valence-corrected chi connectivity index (χ2v) is 6.14. The van der Waals surface area contributed by atoms with E-state index in [0.717, 1.165) is 35.1 Å². The van der Waals surface area contributed by atoms with Gasteiger partial charge >= 0.3 is 0 Å². The number of nitrogens with zero attached hydrogens (tertiary/aromatic N) is 1. The zero-order valence-electron chi connectivity index (χ0n) is 11.5. The molecule has 2 aromatic rings. The van der Waals surface area contributed by atoms with Crippen molar-refractivity contribution in [3.8, 4) is 10.8 Å². The van der Waals surface area contributed by atoms with E-state index in [-0.39, 0.29) is 5.91 Å². The molecule has 0 aliphatic heterocycles. The molecule has 0 atom stereocenters. The lowest BCUT2D eigenvalue weighted by atomic mass is 10.2. The first kappa shape index (κ1) is 13.4. The van der Waals surface area contributed by atoms with Crippen LogP contribution in [0, 0.1) is 6.92 Å². The van der Waals surface area contributed by atoms with Crippen molar-refractivity contribution in [3.05, 3.63) is 29.0 Å². The average molecular weight is 290 g/mol. The fourth-order valence-electron chi connectivity index (χ4n) is 2.56. The summed E-state index contributed by atoms with van der Waals surface area (Å²) in [4.78, 5) is 16.4. The fourth-order valence-corrected chi connectivity index (χ4v) is 3.34. The van der Waals surface area contributed by atoms with Gasteiger partial charge < -0.3 is 9.73 Å². The monoisotopic (exact) mass is 290 g/mol. The van der Waals surface area contributed by atoms with Gasteiger partial charge in [0.2, 0.25) is 5.91 Å². The molecule has 0 aromatic carbocycles. The molecule has 0 spiro atoms. The number of hydrogen-bond donors (Lipinski definition) is 1. The minimum Gasteiger partial charge on any atom is -0.459 e. The number of hydrogen-bond acceptors (Lipinski definition) is 4. The van der Waals surface area contributed by atoms with E-state index >= 15 is 0 Å². The van der Waals surface area contributed by atoms with E-state index in [4.69, 9.17) is 4.42 Å². The highest BCUT2D eigenvalue weighted by molar-refractivity contribution is 7.13. The average Bonchev–Trinajstić information content (AvgIpc) is 3.10. The van der Waals surface area contributed by atoms with Crippen LogP contribution in [0.15, 0.2) is 21.9 Å². The highest BCUT2D eigenvalue weighted by Gasteiger charge is 2.18. The minimum absolute atomic E-state index is 0.0735. The summed E-state index contributed by atoms with van der Waals surface area (Å²) in [5.41, 5.74) is 0.814. The van der Waals surface area contributed by atoms with Crippen LogP contribution in [0.5, 0.6) is 0 Å². The number of thiazole rings is 1. The number of amides is 1. The third-order valence-corrected chi connectivity index (χ3v) is 4.47. The predicted octanol–water partition coefficient (Wildman–Crippen LogP) is 3.31. The topological polar surface area (TPSA) is 55.1 Å². The summed E-state index contributed by atoms with van der Waals surface area (Å²) >= 11 is 1.52. The number of carbonyl (C=O) groups is 1. The maximum atomic E-state index is 11.9. The molecule has 20 heavy (non-hydrogen) atoms. The highest BCUT2D eigenvalue weighted by atomic mass is 32.1. The van der Waals surface area contributed by atoms with E-state index in [2.05, 4.69) is 10.3 Å². The molecule has 1 saturated carbocycles. The van der Waals surface area contributed by atoms with Crippen LogP contribution >= 0.6 is 11.3 Å². The Labute approximate surface area is 122 Å². The summed E-state index contributed by atoms with van der Waals surface area (Å²) < 4.78 is 5.54. The van der Waals surface area contributed by atoms with E-state index in [9.17, 15) is 4.79 Å². The lowest BCUT2D eigenvalue weighted by Gasteiger charge is -2.10. The Bertz CT molecular complexity index is 597. The fraction of sp³-hybridized carbons (Fsp3) is 0.467. The van der Waals surface area contributed by atoms with Gasteiger partial charge in [-0.3, -0.25) is 4.79 Å². The van der Waals surface area contributed by atoms with Crippen molar-refractivity contribution >= 4 is 17.2 Å². The van der Waals surface area contributed by atoms with Gasteiger partial charge in [0.15, 0.2) is 10.8 Å². The van der Waals surface area contributed by atoms with E-state index in [1.54, 1.807) is 0 Å². The maximum Gasteiger partial charge on any atom is 0.226 e. The van der Waals surface area contributed by atoms with Gasteiger partial charge in [-0.25, -0.2) is 4.98 Å². The van der Waals surface area contributed by atoms with Crippen LogP contribution in [0.4, 0.5) is 0 Å².